The molecule has 5 nitrogen and oxygen atoms in total. The highest BCUT2D eigenvalue weighted by atomic mass is 31.1. The maximum absolute atomic E-state index is 11.3. The molecule has 1 aromatic carbocycles. The molecule has 2 unspecified atom stereocenters. The lowest BCUT2D eigenvalue weighted by molar-refractivity contribution is 0.138. The molecule has 0 saturated heterocycles. The zero-order valence-electron chi connectivity index (χ0n) is 9.75. The summed E-state index contributed by atoms with van der Waals surface area (Å²) in [7, 11) is -0.573. The first-order valence-electron chi connectivity index (χ1n) is 5.11. The molecule has 1 aromatic rings. The van der Waals surface area contributed by atoms with Crippen LogP contribution < -0.4 is 5.32 Å². The summed E-state index contributed by atoms with van der Waals surface area (Å²) in [5.74, 6) is -0.571. The summed E-state index contributed by atoms with van der Waals surface area (Å²) in [5.41, 5.74) is 0.895. The molecule has 0 radical (unpaired) electrons. The minimum absolute atomic E-state index is 0.184. The molecule has 17 heavy (non-hydrogen) atoms. The van der Waals surface area contributed by atoms with Gasteiger partial charge in [-0.1, -0.05) is 30.3 Å². The van der Waals surface area contributed by atoms with E-state index in [-0.39, 0.29) is 6.61 Å². The number of amides is 1. The molecule has 0 fully saturated rings. The second-order valence-corrected chi connectivity index (χ2v) is 5.06. The Bertz CT molecular complexity index is 382. The normalized spacial score (nSPS) is 12.7. The lowest BCUT2D eigenvalue weighted by Crippen LogP contribution is -2.30. The molecule has 92 valence electrons. The first-order chi connectivity index (χ1) is 8.13. The van der Waals surface area contributed by atoms with Gasteiger partial charge in [-0.25, -0.2) is 4.79 Å². The zero-order chi connectivity index (χ0) is 12.7. The van der Waals surface area contributed by atoms with E-state index in [1.165, 1.54) is 7.11 Å². The van der Waals surface area contributed by atoms with Crippen LogP contribution in [-0.2, 0) is 20.4 Å². The number of carbonyl (C=O) groups excluding carboxylic acids is 1. The van der Waals surface area contributed by atoms with Gasteiger partial charge in [0.05, 0.1) is 7.11 Å². The average Bonchev–Trinajstić information content (AvgIpc) is 2.36. The Morgan fingerprint density at radius 2 is 2.06 bits per heavy atom. The first-order valence-corrected chi connectivity index (χ1v) is 6.36. The topological polar surface area (TPSA) is 64.6 Å². The van der Waals surface area contributed by atoms with Gasteiger partial charge in [-0.2, -0.15) is 0 Å². The van der Waals surface area contributed by atoms with E-state index in [0.717, 1.165) is 5.56 Å². The summed E-state index contributed by atoms with van der Waals surface area (Å²) in [6.07, 6.45) is -0.609. The summed E-state index contributed by atoms with van der Waals surface area (Å²) in [4.78, 5) is 11.3. The minimum atomic E-state index is -1.90. The van der Waals surface area contributed by atoms with Gasteiger partial charge in [0.2, 0.25) is 0 Å². The maximum atomic E-state index is 11.3. The van der Waals surface area contributed by atoms with E-state index in [1.54, 1.807) is 6.92 Å². The van der Waals surface area contributed by atoms with Crippen LogP contribution in [0.4, 0.5) is 4.79 Å². The predicted octanol–water partition coefficient (Wildman–Crippen LogP) is 2.65. The van der Waals surface area contributed by atoms with Gasteiger partial charge in [0, 0.05) is 6.92 Å². The van der Waals surface area contributed by atoms with Crippen molar-refractivity contribution in [2.75, 3.05) is 7.11 Å². The fourth-order valence-corrected chi connectivity index (χ4v) is 1.67. The Morgan fingerprint density at radius 3 is 2.65 bits per heavy atom. The molecular formula is C11H15NO4P+. The molecular weight excluding hydrogens is 241 g/mol. The van der Waals surface area contributed by atoms with Gasteiger partial charge >= 0.3 is 14.1 Å². The summed E-state index contributed by atoms with van der Waals surface area (Å²) < 4.78 is 20.8. The van der Waals surface area contributed by atoms with E-state index in [4.69, 9.17) is 4.74 Å². The Morgan fingerprint density at radius 1 is 1.41 bits per heavy atom. The molecule has 2 atom stereocenters. The van der Waals surface area contributed by atoms with Crippen molar-refractivity contribution in [2.45, 2.75) is 19.3 Å². The number of carbonyl (C=O) groups is 1. The Hall–Kier alpha value is -1.45. The SMILES string of the molecule is CO[P+](=O)C(C)NC(=O)OCc1ccccc1. The fraction of sp³-hybridized carbons (Fsp3) is 0.364. The van der Waals surface area contributed by atoms with Crippen LogP contribution in [0.2, 0.25) is 0 Å². The van der Waals surface area contributed by atoms with Crippen LogP contribution in [0.25, 0.3) is 0 Å². The van der Waals surface area contributed by atoms with Crippen molar-refractivity contribution in [1.29, 1.82) is 0 Å². The van der Waals surface area contributed by atoms with Gasteiger partial charge in [0.25, 0.3) is 5.78 Å². The molecule has 0 heterocycles. The van der Waals surface area contributed by atoms with Crippen molar-refractivity contribution in [2.24, 2.45) is 0 Å². The molecule has 0 bridgehead atoms. The molecule has 0 aliphatic rings. The summed E-state index contributed by atoms with van der Waals surface area (Å²) >= 11 is 0. The summed E-state index contributed by atoms with van der Waals surface area (Å²) in [6, 6.07) is 9.32. The van der Waals surface area contributed by atoms with Crippen molar-refractivity contribution >= 4 is 14.1 Å². The quantitative estimate of drug-likeness (QED) is 0.822. The third-order valence-corrected chi connectivity index (χ3v) is 3.16. The van der Waals surface area contributed by atoms with Crippen LogP contribution in [0.15, 0.2) is 30.3 Å². The van der Waals surface area contributed by atoms with Gasteiger partial charge < -0.3 is 4.74 Å². The van der Waals surface area contributed by atoms with E-state index < -0.39 is 19.9 Å². The van der Waals surface area contributed by atoms with Crippen LogP contribution in [0, 0.1) is 0 Å². The molecule has 0 spiro atoms. The standard InChI is InChI=1S/C11H14NO4P/c1-9(17(14)15-2)12-11(13)16-8-10-6-4-3-5-7-10/h3-7,9H,8H2,1-2H3/p+1. The lowest BCUT2D eigenvalue weighted by atomic mass is 10.2. The number of rotatable bonds is 5. The Balaban J connectivity index is 2.33. The van der Waals surface area contributed by atoms with Gasteiger partial charge in [-0.05, 0) is 10.1 Å². The molecule has 0 aliphatic carbocycles. The first kappa shape index (κ1) is 13.6. The third kappa shape index (κ3) is 4.93. The van der Waals surface area contributed by atoms with Crippen molar-refractivity contribution < 1.29 is 18.6 Å². The van der Waals surface area contributed by atoms with Gasteiger partial charge in [-0.3, -0.25) is 5.32 Å². The van der Waals surface area contributed by atoms with Crippen LogP contribution in [0.3, 0.4) is 0 Å². The highest BCUT2D eigenvalue weighted by molar-refractivity contribution is 7.39. The van der Waals surface area contributed by atoms with Crippen molar-refractivity contribution in [3.05, 3.63) is 35.9 Å². The number of ether oxygens (including phenoxy) is 1. The molecule has 1 N–H and O–H groups in total. The van der Waals surface area contributed by atoms with Crippen LogP contribution in [0.5, 0.6) is 0 Å². The number of hydrogen-bond donors (Lipinski definition) is 1. The lowest BCUT2D eigenvalue weighted by Gasteiger charge is -2.06. The van der Waals surface area contributed by atoms with E-state index in [0.29, 0.717) is 0 Å². The molecule has 1 rings (SSSR count). The highest BCUT2D eigenvalue weighted by Gasteiger charge is 2.28. The number of alkyl carbamates (subject to hydrolysis) is 1. The zero-order valence-corrected chi connectivity index (χ0v) is 10.6. The van der Waals surface area contributed by atoms with E-state index in [2.05, 4.69) is 9.84 Å². The highest BCUT2D eigenvalue weighted by Crippen LogP contribution is 2.25. The van der Waals surface area contributed by atoms with Crippen LogP contribution in [-0.4, -0.2) is 19.0 Å². The van der Waals surface area contributed by atoms with Gasteiger partial charge in [-0.15, -0.1) is 4.52 Å². The summed E-state index contributed by atoms with van der Waals surface area (Å²) in [6.45, 7) is 1.77. The Kier molecular flexibility index (Phi) is 5.60. The molecule has 0 aliphatic heterocycles. The van der Waals surface area contributed by atoms with Crippen molar-refractivity contribution in [3.63, 3.8) is 0 Å². The monoisotopic (exact) mass is 256 g/mol. The van der Waals surface area contributed by atoms with Gasteiger partial charge in [0.15, 0.2) is 0 Å². The Labute approximate surface area is 101 Å². The smallest absolute Gasteiger partial charge is 0.445 e. The second-order valence-electron chi connectivity index (χ2n) is 3.35. The average molecular weight is 256 g/mol. The number of hydrogen-bond acceptors (Lipinski definition) is 4. The van der Waals surface area contributed by atoms with E-state index >= 15 is 0 Å². The van der Waals surface area contributed by atoms with Gasteiger partial charge in [0.1, 0.15) is 6.61 Å². The molecule has 1 amide bonds. The minimum Gasteiger partial charge on any atom is -0.445 e. The molecule has 6 heteroatoms. The largest absolute Gasteiger partial charge is 0.532 e. The molecule has 0 saturated carbocycles. The molecule has 0 aromatic heterocycles. The fourth-order valence-electron chi connectivity index (χ4n) is 1.15. The number of benzene rings is 1. The third-order valence-electron chi connectivity index (χ3n) is 2.04. The second kappa shape index (κ2) is 6.99. The van der Waals surface area contributed by atoms with E-state index in [9.17, 15) is 9.36 Å². The van der Waals surface area contributed by atoms with E-state index in [1.807, 2.05) is 30.3 Å². The number of nitrogens with one attached hydrogen (secondary N) is 1. The van der Waals surface area contributed by atoms with Crippen LogP contribution in [0.1, 0.15) is 12.5 Å². The summed E-state index contributed by atoms with van der Waals surface area (Å²) in [5, 5.41) is 2.43. The van der Waals surface area contributed by atoms with Crippen molar-refractivity contribution in [3.8, 4) is 0 Å². The maximum Gasteiger partial charge on any atom is 0.532 e. The van der Waals surface area contributed by atoms with Crippen LogP contribution >= 0.6 is 8.03 Å². The predicted molar refractivity (Wildman–Crippen MR) is 63.8 cm³/mol. The van der Waals surface area contributed by atoms with Crippen molar-refractivity contribution in [1.82, 2.24) is 5.32 Å².